The molecule has 0 spiro atoms. The first kappa shape index (κ1) is 20.7. The SMILES string of the molecule is COc1cc(OC)c(-c2cc(C(=O)O)c3c(-c4ccc(Br)cc4)[nH]nc3n2)cc1OC. The number of fused-ring (bicyclic) bond motifs is 1. The van der Waals surface area contributed by atoms with E-state index in [-0.39, 0.29) is 11.2 Å². The third-order valence-corrected chi connectivity index (χ3v) is 5.40. The van der Waals surface area contributed by atoms with E-state index in [1.54, 1.807) is 12.1 Å². The van der Waals surface area contributed by atoms with E-state index < -0.39 is 5.97 Å². The van der Waals surface area contributed by atoms with Crippen molar-refractivity contribution in [1.82, 2.24) is 15.2 Å². The first-order valence-corrected chi connectivity index (χ1v) is 9.94. The second-order valence-electron chi connectivity index (χ2n) is 6.57. The average molecular weight is 484 g/mol. The number of pyridine rings is 1. The van der Waals surface area contributed by atoms with Crippen molar-refractivity contribution in [2.45, 2.75) is 0 Å². The topological polar surface area (TPSA) is 107 Å². The van der Waals surface area contributed by atoms with Crippen molar-refractivity contribution >= 4 is 32.9 Å². The molecule has 2 N–H and O–H groups in total. The van der Waals surface area contributed by atoms with Crippen LogP contribution >= 0.6 is 15.9 Å². The van der Waals surface area contributed by atoms with Gasteiger partial charge in [-0.25, -0.2) is 9.78 Å². The summed E-state index contributed by atoms with van der Waals surface area (Å²) in [4.78, 5) is 16.8. The lowest BCUT2D eigenvalue weighted by Crippen LogP contribution is -2.01. The van der Waals surface area contributed by atoms with Crippen molar-refractivity contribution in [3.05, 3.63) is 52.5 Å². The van der Waals surface area contributed by atoms with Crippen LogP contribution in [0.5, 0.6) is 17.2 Å². The Hall–Kier alpha value is -3.59. The van der Waals surface area contributed by atoms with Gasteiger partial charge in [-0.05, 0) is 24.3 Å². The normalized spacial score (nSPS) is 10.8. The molecule has 0 aliphatic carbocycles. The number of halogens is 1. The molecule has 2 aromatic heterocycles. The van der Waals surface area contributed by atoms with Crippen molar-refractivity contribution in [2.75, 3.05) is 21.3 Å². The molecular formula is C22H18BrN3O5. The quantitative estimate of drug-likeness (QED) is 0.406. The van der Waals surface area contributed by atoms with Gasteiger partial charge in [0.1, 0.15) is 5.75 Å². The first-order valence-electron chi connectivity index (χ1n) is 9.15. The number of carboxylic acids is 1. The van der Waals surface area contributed by atoms with E-state index >= 15 is 0 Å². The number of hydrogen-bond donors (Lipinski definition) is 2. The van der Waals surface area contributed by atoms with Crippen molar-refractivity contribution in [3.8, 4) is 39.8 Å². The fourth-order valence-electron chi connectivity index (χ4n) is 3.39. The van der Waals surface area contributed by atoms with Crippen molar-refractivity contribution in [1.29, 1.82) is 0 Å². The van der Waals surface area contributed by atoms with Gasteiger partial charge in [0.05, 0.1) is 43.7 Å². The number of carbonyl (C=O) groups is 1. The molecule has 0 amide bonds. The maximum atomic E-state index is 12.2. The Morgan fingerprint density at radius 3 is 2.23 bits per heavy atom. The van der Waals surface area contributed by atoms with Crippen LogP contribution in [0.25, 0.3) is 33.5 Å². The van der Waals surface area contributed by atoms with E-state index in [1.807, 2.05) is 24.3 Å². The average Bonchev–Trinajstić information content (AvgIpc) is 3.21. The van der Waals surface area contributed by atoms with E-state index in [4.69, 9.17) is 14.2 Å². The zero-order chi connectivity index (χ0) is 22.1. The minimum atomic E-state index is -1.09. The Labute approximate surface area is 185 Å². The summed E-state index contributed by atoms with van der Waals surface area (Å²) in [5.41, 5.74) is 2.67. The van der Waals surface area contributed by atoms with E-state index in [9.17, 15) is 9.90 Å². The molecule has 0 unspecified atom stereocenters. The fourth-order valence-corrected chi connectivity index (χ4v) is 3.65. The highest BCUT2D eigenvalue weighted by molar-refractivity contribution is 9.10. The van der Waals surface area contributed by atoms with Gasteiger partial charge in [-0.2, -0.15) is 5.10 Å². The largest absolute Gasteiger partial charge is 0.496 e. The Morgan fingerprint density at radius 2 is 1.61 bits per heavy atom. The van der Waals surface area contributed by atoms with E-state index in [0.717, 1.165) is 10.0 Å². The highest BCUT2D eigenvalue weighted by Gasteiger charge is 2.22. The molecule has 8 nitrogen and oxygen atoms in total. The third kappa shape index (κ3) is 3.68. The Balaban J connectivity index is 1.96. The van der Waals surface area contributed by atoms with Crippen molar-refractivity contribution in [3.63, 3.8) is 0 Å². The second-order valence-corrected chi connectivity index (χ2v) is 7.49. The van der Waals surface area contributed by atoms with Crippen LogP contribution < -0.4 is 14.2 Å². The third-order valence-electron chi connectivity index (χ3n) is 4.87. The molecule has 4 rings (SSSR count). The lowest BCUT2D eigenvalue weighted by Gasteiger charge is -2.14. The molecule has 0 saturated heterocycles. The number of nitrogens with one attached hydrogen (secondary N) is 1. The van der Waals surface area contributed by atoms with Gasteiger partial charge in [0, 0.05) is 21.7 Å². The highest BCUT2D eigenvalue weighted by Crippen LogP contribution is 2.41. The summed E-state index contributed by atoms with van der Waals surface area (Å²) in [5, 5.41) is 17.6. The fraction of sp³-hybridized carbons (Fsp3) is 0.136. The predicted molar refractivity (Wildman–Crippen MR) is 119 cm³/mol. The number of aromatic amines is 1. The van der Waals surface area contributed by atoms with Crippen molar-refractivity contribution < 1.29 is 24.1 Å². The number of ether oxygens (including phenoxy) is 3. The standard InChI is InChI=1S/C22H18BrN3O5/c1-29-16-10-18(31-3)17(30-2)9-13(16)15-8-14(22(27)28)19-20(25-26-21(19)24-15)11-4-6-12(23)7-5-11/h4-10H,1-3H3,(H,27,28)(H,24,25,26). The lowest BCUT2D eigenvalue weighted by molar-refractivity contribution is 0.0699. The minimum Gasteiger partial charge on any atom is -0.496 e. The molecule has 2 aromatic carbocycles. The van der Waals surface area contributed by atoms with Gasteiger partial charge in [0.2, 0.25) is 0 Å². The summed E-state index contributed by atoms with van der Waals surface area (Å²) in [6, 6.07) is 12.4. The van der Waals surface area contributed by atoms with Crippen LogP contribution in [0.2, 0.25) is 0 Å². The van der Waals surface area contributed by atoms with Gasteiger partial charge in [0.25, 0.3) is 0 Å². The monoisotopic (exact) mass is 483 g/mol. The molecule has 0 radical (unpaired) electrons. The maximum absolute atomic E-state index is 12.2. The number of rotatable bonds is 6. The summed E-state index contributed by atoms with van der Waals surface area (Å²) in [5.74, 6) is 0.326. The number of carboxylic acid groups (broad SMARTS) is 1. The summed E-state index contributed by atoms with van der Waals surface area (Å²) in [6.07, 6.45) is 0. The number of nitrogens with zero attached hydrogens (tertiary/aromatic N) is 2. The molecule has 0 aliphatic rings. The number of hydrogen-bond acceptors (Lipinski definition) is 6. The number of aromatic nitrogens is 3. The predicted octanol–water partition coefficient (Wildman–Crippen LogP) is 4.78. The van der Waals surface area contributed by atoms with E-state index in [0.29, 0.717) is 39.6 Å². The van der Waals surface area contributed by atoms with Crippen LogP contribution in [0.4, 0.5) is 0 Å². The number of H-pyrrole nitrogens is 1. The molecule has 9 heteroatoms. The van der Waals surface area contributed by atoms with Crippen molar-refractivity contribution in [2.24, 2.45) is 0 Å². The molecule has 0 aliphatic heterocycles. The van der Waals surface area contributed by atoms with Gasteiger partial charge in [-0.3, -0.25) is 5.10 Å². The van der Waals surface area contributed by atoms with Gasteiger partial charge >= 0.3 is 5.97 Å². The highest BCUT2D eigenvalue weighted by atomic mass is 79.9. The van der Waals surface area contributed by atoms with Gasteiger partial charge in [0.15, 0.2) is 17.1 Å². The molecular weight excluding hydrogens is 466 g/mol. The smallest absolute Gasteiger partial charge is 0.336 e. The van der Waals surface area contributed by atoms with Crippen LogP contribution in [0.3, 0.4) is 0 Å². The maximum Gasteiger partial charge on any atom is 0.336 e. The number of methoxy groups -OCH3 is 3. The van der Waals surface area contributed by atoms with E-state index in [2.05, 4.69) is 31.1 Å². The molecule has 0 fully saturated rings. The molecule has 0 atom stereocenters. The van der Waals surface area contributed by atoms with Gasteiger partial charge in [-0.15, -0.1) is 0 Å². The second kappa shape index (κ2) is 8.27. The molecule has 0 bridgehead atoms. The van der Waals surface area contributed by atoms with Crippen LogP contribution in [0.1, 0.15) is 10.4 Å². The summed E-state index contributed by atoms with van der Waals surface area (Å²) in [6.45, 7) is 0. The van der Waals surface area contributed by atoms with E-state index in [1.165, 1.54) is 27.4 Å². The van der Waals surface area contributed by atoms with Crippen LogP contribution in [0, 0.1) is 0 Å². The number of aromatic carboxylic acids is 1. The molecule has 4 aromatic rings. The lowest BCUT2D eigenvalue weighted by atomic mass is 10.0. The Bertz CT molecular complexity index is 1280. The molecule has 31 heavy (non-hydrogen) atoms. The minimum absolute atomic E-state index is 0.0727. The van der Waals surface area contributed by atoms with Gasteiger partial charge < -0.3 is 19.3 Å². The van der Waals surface area contributed by atoms with Crippen LogP contribution in [0.15, 0.2) is 46.9 Å². The Kier molecular flexibility index (Phi) is 5.51. The Morgan fingerprint density at radius 1 is 0.968 bits per heavy atom. The summed E-state index contributed by atoms with van der Waals surface area (Å²) < 4.78 is 17.1. The molecule has 158 valence electrons. The summed E-state index contributed by atoms with van der Waals surface area (Å²) >= 11 is 3.40. The van der Waals surface area contributed by atoms with Crippen LogP contribution in [-0.2, 0) is 0 Å². The molecule has 0 saturated carbocycles. The zero-order valence-corrected chi connectivity index (χ0v) is 18.5. The van der Waals surface area contributed by atoms with Gasteiger partial charge in [-0.1, -0.05) is 28.1 Å². The zero-order valence-electron chi connectivity index (χ0n) is 16.9. The molecule has 2 heterocycles. The summed E-state index contributed by atoms with van der Waals surface area (Å²) in [7, 11) is 4.56. The van der Waals surface area contributed by atoms with Crippen LogP contribution in [-0.4, -0.2) is 47.6 Å². The number of benzene rings is 2. The first-order chi connectivity index (χ1) is 15.0.